The molecule has 4 N–H and O–H groups in total. The zero-order valence-electron chi connectivity index (χ0n) is 7.12. The van der Waals surface area contributed by atoms with E-state index < -0.39 is 0 Å². The Morgan fingerprint density at radius 3 is 1.73 bits per heavy atom. The van der Waals surface area contributed by atoms with Gasteiger partial charge in [-0.2, -0.15) is 0 Å². The van der Waals surface area contributed by atoms with Gasteiger partial charge in [0, 0.05) is 0 Å². The lowest BCUT2D eigenvalue weighted by atomic mass is 10.4. The zero-order chi connectivity index (χ0) is 8.69. The quantitative estimate of drug-likeness (QED) is 0.583. The molecular weight excluding hydrogens is 140 g/mol. The molecule has 0 aromatic rings. The number of aliphatic imine (C=N–C) groups is 2. The van der Waals surface area contributed by atoms with Crippen LogP contribution in [0, 0.1) is 0 Å². The van der Waals surface area contributed by atoms with Gasteiger partial charge in [-0.1, -0.05) is 13.8 Å². The number of hydrogen-bond donors (Lipinski definition) is 2. The van der Waals surface area contributed by atoms with Crippen molar-refractivity contribution in [2.75, 3.05) is 0 Å². The Kier molecular flexibility index (Phi) is 5.65. The minimum atomic E-state index is -0.192. The third-order valence-corrected chi connectivity index (χ3v) is 1.28. The van der Waals surface area contributed by atoms with Crippen molar-refractivity contribution in [2.24, 2.45) is 21.5 Å². The normalized spacial score (nSPS) is 14.9. The topological polar surface area (TPSA) is 76.8 Å². The fourth-order valence-electron chi connectivity index (χ4n) is 0.364. The molecule has 64 valence electrons. The Hall–Kier alpha value is -0.700. The van der Waals surface area contributed by atoms with Crippen LogP contribution in [0.3, 0.4) is 0 Å². The maximum absolute atomic E-state index is 5.47. The van der Waals surface area contributed by atoms with E-state index in [1.165, 1.54) is 0 Å². The molecule has 0 aliphatic heterocycles. The summed E-state index contributed by atoms with van der Waals surface area (Å²) in [5.41, 5.74) is 10.9. The van der Waals surface area contributed by atoms with Gasteiger partial charge >= 0.3 is 0 Å². The molecule has 0 amide bonds. The molecular formula is C7H16N4. The van der Waals surface area contributed by atoms with Gasteiger partial charge in [0.2, 0.25) is 0 Å². The van der Waals surface area contributed by atoms with E-state index in [1.807, 2.05) is 13.8 Å². The first-order chi connectivity index (χ1) is 5.20. The Bertz CT molecular complexity index is 135. The van der Waals surface area contributed by atoms with E-state index in [9.17, 15) is 0 Å². The summed E-state index contributed by atoms with van der Waals surface area (Å²) in [4.78, 5) is 7.62. The van der Waals surface area contributed by atoms with Gasteiger partial charge in [0.25, 0.3) is 0 Å². The summed E-state index contributed by atoms with van der Waals surface area (Å²) >= 11 is 0. The second kappa shape index (κ2) is 6.04. The summed E-state index contributed by atoms with van der Waals surface area (Å²) in [6.45, 7) is 3.91. The minimum absolute atomic E-state index is 0.192. The fourth-order valence-corrected chi connectivity index (χ4v) is 0.364. The molecule has 4 nitrogen and oxygen atoms in total. The molecule has 0 spiro atoms. The van der Waals surface area contributed by atoms with E-state index in [4.69, 9.17) is 11.5 Å². The van der Waals surface area contributed by atoms with Crippen molar-refractivity contribution >= 4 is 6.01 Å². The van der Waals surface area contributed by atoms with Crippen molar-refractivity contribution in [1.82, 2.24) is 0 Å². The summed E-state index contributed by atoms with van der Waals surface area (Å²) in [6, 6.07) is 2.49. The Morgan fingerprint density at radius 2 is 1.45 bits per heavy atom. The molecule has 2 unspecified atom stereocenters. The van der Waals surface area contributed by atoms with E-state index in [0.29, 0.717) is 0 Å². The van der Waals surface area contributed by atoms with Crippen LogP contribution in [0.1, 0.15) is 26.7 Å². The van der Waals surface area contributed by atoms with Crippen LogP contribution >= 0.6 is 0 Å². The largest absolute Gasteiger partial charge is 0.309 e. The summed E-state index contributed by atoms with van der Waals surface area (Å²) < 4.78 is 0. The van der Waals surface area contributed by atoms with Crippen LogP contribution < -0.4 is 11.5 Å². The number of nitrogens with zero attached hydrogens (tertiary/aromatic N) is 2. The van der Waals surface area contributed by atoms with Crippen molar-refractivity contribution in [3.63, 3.8) is 0 Å². The van der Waals surface area contributed by atoms with Gasteiger partial charge in [-0.25, -0.2) is 9.98 Å². The third kappa shape index (κ3) is 5.73. The maximum atomic E-state index is 5.47. The third-order valence-electron chi connectivity index (χ3n) is 1.28. The molecule has 0 bridgehead atoms. The van der Waals surface area contributed by atoms with Gasteiger partial charge in [-0.05, 0) is 12.8 Å². The van der Waals surface area contributed by atoms with E-state index in [1.54, 1.807) is 0 Å². The van der Waals surface area contributed by atoms with E-state index in [2.05, 4.69) is 16.0 Å². The lowest BCUT2D eigenvalue weighted by molar-refractivity contribution is 0.672. The van der Waals surface area contributed by atoms with E-state index in [-0.39, 0.29) is 12.3 Å². The Balaban J connectivity index is 3.79. The number of rotatable bonds is 4. The Morgan fingerprint density at radius 1 is 1.09 bits per heavy atom. The highest BCUT2D eigenvalue weighted by Gasteiger charge is 1.91. The van der Waals surface area contributed by atoms with Crippen molar-refractivity contribution < 1.29 is 0 Å². The van der Waals surface area contributed by atoms with Crippen LogP contribution in [0.2, 0.25) is 0 Å². The zero-order valence-corrected chi connectivity index (χ0v) is 7.12. The molecule has 0 radical (unpaired) electrons. The standard InChI is InChI=1S/C7H16N4/c1-3-6(8)10-5-11-7(9)4-2/h6-7H,3-4,8-9H2,1-2H3. The first-order valence-corrected chi connectivity index (χ1v) is 3.86. The van der Waals surface area contributed by atoms with Gasteiger partial charge in [0.15, 0.2) is 0 Å². The first-order valence-electron chi connectivity index (χ1n) is 3.86. The molecule has 0 aromatic heterocycles. The maximum Gasteiger partial charge on any atom is 0.108 e. The number of hydrogen-bond acceptors (Lipinski definition) is 4. The van der Waals surface area contributed by atoms with Crippen LogP contribution in [0.4, 0.5) is 0 Å². The lowest BCUT2D eigenvalue weighted by Gasteiger charge is -1.97. The molecule has 11 heavy (non-hydrogen) atoms. The van der Waals surface area contributed by atoms with Crippen molar-refractivity contribution in [1.29, 1.82) is 0 Å². The van der Waals surface area contributed by atoms with E-state index in [0.717, 1.165) is 12.8 Å². The summed E-state index contributed by atoms with van der Waals surface area (Å²) in [5, 5.41) is 0. The monoisotopic (exact) mass is 156 g/mol. The van der Waals surface area contributed by atoms with Crippen LogP contribution in [-0.4, -0.2) is 18.3 Å². The molecule has 0 aliphatic rings. The molecule has 0 heterocycles. The van der Waals surface area contributed by atoms with Crippen LogP contribution in [0.15, 0.2) is 9.98 Å². The van der Waals surface area contributed by atoms with Gasteiger partial charge in [0.05, 0.1) is 6.01 Å². The molecule has 0 aromatic carbocycles. The molecule has 0 aliphatic carbocycles. The van der Waals surface area contributed by atoms with Crippen molar-refractivity contribution in [3.8, 4) is 0 Å². The predicted octanol–water partition coefficient (Wildman–Crippen LogP) is 0.550. The van der Waals surface area contributed by atoms with Crippen LogP contribution in [-0.2, 0) is 0 Å². The van der Waals surface area contributed by atoms with Crippen molar-refractivity contribution in [2.45, 2.75) is 39.0 Å². The average molecular weight is 156 g/mol. The summed E-state index contributed by atoms with van der Waals surface area (Å²) in [7, 11) is 0. The van der Waals surface area contributed by atoms with Gasteiger partial charge in [0.1, 0.15) is 12.3 Å². The number of nitrogens with two attached hydrogens (primary N) is 2. The van der Waals surface area contributed by atoms with Gasteiger partial charge in [-0.15, -0.1) is 0 Å². The Labute approximate surface area is 67.4 Å². The highest BCUT2D eigenvalue weighted by molar-refractivity contribution is 5.41. The molecule has 4 heteroatoms. The van der Waals surface area contributed by atoms with Gasteiger partial charge in [-0.3, -0.25) is 0 Å². The fraction of sp³-hybridized carbons (Fsp3) is 0.857. The highest BCUT2D eigenvalue weighted by Crippen LogP contribution is 1.86. The lowest BCUT2D eigenvalue weighted by Crippen LogP contribution is -2.16. The highest BCUT2D eigenvalue weighted by atomic mass is 15.0. The average Bonchev–Trinajstić information content (AvgIpc) is 2.04. The smallest absolute Gasteiger partial charge is 0.108 e. The SMILES string of the molecule is CCC(N)N=C=NC(N)CC. The summed E-state index contributed by atoms with van der Waals surface area (Å²) in [6.07, 6.45) is 1.21. The molecule has 0 saturated carbocycles. The van der Waals surface area contributed by atoms with Gasteiger partial charge < -0.3 is 11.5 Å². The van der Waals surface area contributed by atoms with Crippen molar-refractivity contribution in [3.05, 3.63) is 0 Å². The molecule has 0 fully saturated rings. The van der Waals surface area contributed by atoms with E-state index >= 15 is 0 Å². The molecule has 0 saturated heterocycles. The second-order valence-electron chi connectivity index (χ2n) is 2.31. The minimum Gasteiger partial charge on any atom is -0.309 e. The first kappa shape index (κ1) is 10.3. The predicted molar refractivity (Wildman–Crippen MR) is 46.4 cm³/mol. The summed E-state index contributed by atoms with van der Waals surface area (Å²) in [5.74, 6) is 0. The van der Waals surface area contributed by atoms with Crippen LogP contribution in [0.25, 0.3) is 0 Å². The molecule has 2 atom stereocenters. The second-order valence-corrected chi connectivity index (χ2v) is 2.31. The molecule has 0 rings (SSSR count). The van der Waals surface area contributed by atoms with Crippen LogP contribution in [0.5, 0.6) is 0 Å².